The first-order valence-corrected chi connectivity index (χ1v) is 5.99. The van der Waals surface area contributed by atoms with Gasteiger partial charge in [-0.2, -0.15) is 0 Å². The van der Waals surface area contributed by atoms with Crippen molar-refractivity contribution in [2.24, 2.45) is 0 Å². The van der Waals surface area contributed by atoms with Crippen molar-refractivity contribution in [2.45, 2.75) is 11.6 Å². The first-order valence-electron chi connectivity index (χ1n) is 4.50. The zero-order valence-corrected chi connectivity index (χ0v) is 9.05. The zero-order valence-electron chi connectivity index (χ0n) is 8.24. The second-order valence-electron chi connectivity index (χ2n) is 2.98. The summed E-state index contributed by atoms with van der Waals surface area (Å²) in [5, 5.41) is 7.36. The van der Waals surface area contributed by atoms with Crippen molar-refractivity contribution in [3.8, 4) is 0 Å². The quantitative estimate of drug-likeness (QED) is 0.698. The molecule has 86 valence electrons. The van der Waals surface area contributed by atoms with E-state index in [0.717, 1.165) is 0 Å². The molecule has 2 N–H and O–H groups in total. The molecule has 0 bridgehead atoms. The molecule has 0 fully saturated rings. The third-order valence-electron chi connectivity index (χ3n) is 1.87. The van der Waals surface area contributed by atoms with Crippen LogP contribution in [0, 0.1) is 0 Å². The van der Waals surface area contributed by atoms with Gasteiger partial charge in [-0.1, -0.05) is 5.21 Å². The second kappa shape index (κ2) is 4.41. The number of imidazole rings is 1. The topological polar surface area (TPSA) is 106 Å². The molecule has 0 atom stereocenters. The average Bonchev–Trinajstić information content (AvgIpc) is 2.90. The largest absolute Gasteiger partial charge is 0.335 e. The Bertz CT molecular complexity index is 517. The Balaban J connectivity index is 1.91. The molecule has 0 amide bonds. The van der Waals surface area contributed by atoms with E-state index < -0.39 is 10.0 Å². The molecule has 0 aliphatic carbocycles. The van der Waals surface area contributed by atoms with Crippen molar-refractivity contribution in [3.63, 3.8) is 0 Å². The summed E-state index contributed by atoms with van der Waals surface area (Å²) in [5.41, 5.74) is 0. The highest BCUT2D eigenvalue weighted by Crippen LogP contribution is 2.00. The fourth-order valence-electron chi connectivity index (χ4n) is 1.11. The minimum absolute atomic E-state index is 0.0473. The van der Waals surface area contributed by atoms with Gasteiger partial charge in [0, 0.05) is 12.7 Å². The Hall–Kier alpha value is -1.74. The van der Waals surface area contributed by atoms with Crippen molar-refractivity contribution < 1.29 is 8.42 Å². The van der Waals surface area contributed by atoms with Gasteiger partial charge in [0.05, 0.1) is 25.3 Å². The van der Waals surface area contributed by atoms with E-state index in [1.165, 1.54) is 23.4 Å². The molecule has 0 saturated carbocycles. The van der Waals surface area contributed by atoms with Crippen LogP contribution in [0.25, 0.3) is 0 Å². The van der Waals surface area contributed by atoms with E-state index in [-0.39, 0.29) is 11.6 Å². The Morgan fingerprint density at radius 2 is 2.38 bits per heavy atom. The van der Waals surface area contributed by atoms with Crippen LogP contribution in [0.2, 0.25) is 0 Å². The Morgan fingerprint density at radius 1 is 1.50 bits per heavy atom. The molecule has 2 aromatic heterocycles. The number of nitrogens with zero attached hydrogens (tertiary/aromatic N) is 4. The summed E-state index contributed by atoms with van der Waals surface area (Å²) in [7, 11) is -3.50. The van der Waals surface area contributed by atoms with Crippen LogP contribution in [-0.2, 0) is 16.6 Å². The van der Waals surface area contributed by atoms with Gasteiger partial charge in [0.15, 0.2) is 5.03 Å². The summed E-state index contributed by atoms with van der Waals surface area (Å²) in [6, 6.07) is 0. The average molecular weight is 242 g/mol. The van der Waals surface area contributed by atoms with E-state index >= 15 is 0 Å². The molecule has 16 heavy (non-hydrogen) atoms. The number of rotatable bonds is 5. The predicted molar refractivity (Wildman–Crippen MR) is 53.8 cm³/mol. The number of hydrogen-bond acceptors (Lipinski definition) is 5. The van der Waals surface area contributed by atoms with Crippen LogP contribution in [0.4, 0.5) is 0 Å². The van der Waals surface area contributed by atoms with Crippen LogP contribution >= 0.6 is 0 Å². The van der Waals surface area contributed by atoms with Gasteiger partial charge in [0.1, 0.15) is 0 Å². The van der Waals surface area contributed by atoms with E-state index in [1.807, 2.05) is 0 Å². The normalized spacial score (nSPS) is 11.8. The number of hydrogen-bond donors (Lipinski definition) is 2. The minimum atomic E-state index is -3.50. The SMILES string of the molecule is O=S(=O)(NCCn1ccnn1)c1cnc[nH]1. The molecule has 9 heteroatoms. The molecular formula is C7H10N6O2S. The maximum Gasteiger partial charge on any atom is 0.257 e. The van der Waals surface area contributed by atoms with E-state index in [0.29, 0.717) is 6.54 Å². The molecule has 0 aromatic carbocycles. The lowest BCUT2D eigenvalue weighted by Crippen LogP contribution is -2.27. The molecule has 0 spiro atoms. The lowest BCUT2D eigenvalue weighted by Gasteiger charge is -2.03. The second-order valence-corrected chi connectivity index (χ2v) is 4.72. The van der Waals surface area contributed by atoms with E-state index in [1.54, 1.807) is 6.20 Å². The number of sulfonamides is 1. The highest BCUT2D eigenvalue weighted by molar-refractivity contribution is 7.89. The highest BCUT2D eigenvalue weighted by atomic mass is 32.2. The van der Waals surface area contributed by atoms with Crippen LogP contribution in [0.15, 0.2) is 29.9 Å². The molecule has 2 rings (SSSR count). The van der Waals surface area contributed by atoms with E-state index in [2.05, 4.69) is 25.0 Å². The summed E-state index contributed by atoms with van der Waals surface area (Å²) in [4.78, 5) is 6.17. The summed E-state index contributed by atoms with van der Waals surface area (Å²) in [5.74, 6) is 0. The summed E-state index contributed by atoms with van der Waals surface area (Å²) >= 11 is 0. The molecular weight excluding hydrogens is 232 g/mol. The van der Waals surface area contributed by atoms with Crippen molar-refractivity contribution in [1.82, 2.24) is 29.7 Å². The third-order valence-corrected chi connectivity index (χ3v) is 3.25. The maximum absolute atomic E-state index is 11.6. The fourth-order valence-corrected chi connectivity index (χ4v) is 2.04. The van der Waals surface area contributed by atoms with Gasteiger partial charge in [0.2, 0.25) is 0 Å². The molecule has 2 heterocycles. The van der Waals surface area contributed by atoms with Gasteiger partial charge >= 0.3 is 0 Å². The van der Waals surface area contributed by atoms with Gasteiger partial charge in [-0.05, 0) is 0 Å². The fraction of sp³-hybridized carbons (Fsp3) is 0.286. The number of aromatic nitrogens is 5. The van der Waals surface area contributed by atoms with Crippen LogP contribution < -0.4 is 4.72 Å². The van der Waals surface area contributed by atoms with Crippen LogP contribution in [0.3, 0.4) is 0 Å². The molecule has 0 aliphatic rings. The van der Waals surface area contributed by atoms with Crippen LogP contribution in [0.1, 0.15) is 0 Å². The van der Waals surface area contributed by atoms with Gasteiger partial charge in [0.25, 0.3) is 10.0 Å². The van der Waals surface area contributed by atoms with E-state index in [9.17, 15) is 8.42 Å². The molecule has 0 saturated heterocycles. The predicted octanol–water partition coefficient (Wildman–Crippen LogP) is -1.02. The standard InChI is InChI=1S/C7H10N6O2S/c14-16(15,7-5-8-6-9-7)11-2-4-13-3-1-10-12-13/h1,3,5-6,11H,2,4H2,(H,8,9). The molecule has 0 aliphatic heterocycles. The number of H-pyrrole nitrogens is 1. The Labute approximate surface area is 91.8 Å². The van der Waals surface area contributed by atoms with Gasteiger partial charge in [-0.3, -0.25) is 4.68 Å². The Morgan fingerprint density at radius 3 is 3.00 bits per heavy atom. The zero-order chi connectivity index (χ0) is 11.4. The summed E-state index contributed by atoms with van der Waals surface area (Å²) < 4.78 is 27.1. The van der Waals surface area contributed by atoms with Crippen molar-refractivity contribution in [3.05, 3.63) is 24.9 Å². The first-order chi connectivity index (χ1) is 7.68. The van der Waals surface area contributed by atoms with Crippen molar-refractivity contribution in [2.75, 3.05) is 6.54 Å². The van der Waals surface area contributed by atoms with Gasteiger partial charge in [-0.15, -0.1) is 5.10 Å². The number of nitrogens with one attached hydrogen (secondary N) is 2. The van der Waals surface area contributed by atoms with Gasteiger partial charge < -0.3 is 4.98 Å². The van der Waals surface area contributed by atoms with Crippen LogP contribution in [-0.4, -0.2) is 39.9 Å². The molecule has 0 radical (unpaired) electrons. The molecule has 2 aromatic rings. The lowest BCUT2D eigenvalue weighted by atomic mass is 10.6. The van der Waals surface area contributed by atoms with E-state index in [4.69, 9.17) is 0 Å². The van der Waals surface area contributed by atoms with Crippen LogP contribution in [0.5, 0.6) is 0 Å². The number of aromatic amines is 1. The highest BCUT2D eigenvalue weighted by Gasteiger charge is 2.14. The van der Waals surface area contributed by atoms with Crippen molar-refractivity contribution in [1.29, 1.82) is 0 Å². The Kier molecular flexibility index (Phi) is 2.97. The maximum atomic E-state index is 11.6. The first kappa shape index (κ1) is 10.8. The smallest absolute Gasteiger partial charge is 0.257 e. The summed E-state index contributed by atoms with van der Waals surface area (Å²) in [6.45, 7) is 0.665. The summed E-state index contributed by atoms with van der Waals surface area (Å²) in [6.07, 6.45) is 5.75. The lowest BCUT2D eigenvalue weighted by molar-refractivity contribution is 0.551. The monoisotopic (exact) mass is 242 g/mol. The molecule has 8 nitrogen and oxygen atoms in total. The third kappa shape index (κ3) is 2.44. The van der Waals surface area contributed by atoms with Crippen molar-refractivity contribution >= 4 is 10.0 Å². The van der Waals surface area contributed by atoms with Gasteiger partial charge in [-0.25, -0.2) is 18.1 Å². The minimum Gasteiger partial charge on any atom is -0.335 e. The molecule has 0 unspecified atom stereocenters.